The minimum absolute atomic E-state index is 0.0143. The van der Waals surface area contributed by atoms with E-state index >= 15 is 0 Å². The zero-order chi connectivity index (χ0) is 17.0. The molecule has 0 aromatic heterocycles. The van der Waals surface area contributed by atoms with E-state index in [1.54, 1.807) is 4.90 Å². The van der Waals surface area contributed by atoms with Gasteiger partial charge in [-0.25, -0.2) is 0 Å². The third kappa shape index (κ3) is 4.12. The van der Waals surface area contributed by atoms with E-state index in [-0.39, 0.29) is 23.8 Å². The molecule has 1 aromatic carbocycles. The molecule has 3 unspecified atom stereocenters. The largest absolute Gasteiger partial charge is 0.342 e. The Hall–Kier alpha value is -1.84. The van der Waals surface area contributed by atoms with Crippen molar-refractivity contribution in [1.82, 2.24) is 10.2 Å². The van der Waals surface area contributed by atoms with Crippen LogP contribution in [0.1, 0.15) is 46.1 Å². The van der Waals surface area contributed by atoms with Crippen molar-refractivity contribution < 1.29 is 9.59 Å². The highest BCUT2D eigenvalue weighted by atomic mass is 16.2. The monoisotopic (exact) mass is 316 g/mol. The number of nitrogens with one attached hydrogen (secondary N) is 1. The van der Waals surface area contributed by atoms with Crippen LogP contribution >= 0.6 is 0 Å². The van der Waals surface area contributed by atoms with Crippen LogP contribution < -0.4 is 5.32 Å². The molecule has 1 aliphatic rings. The lowest BCUT2D eigenvalue weighted by atomic mass is 9.91. The van der Waals surface area contributed by atoms with E-state index in [0.29, 0.717) is 18.9 Å². The van der Waals surface area contributed by atoms with E-state index in [1.165, 1.54) is 0 Å². The number of carbonyl (C=O) groups excluding carboxylic acids is 2. The van der Waals surface area contributed by atoms with Crippen molar-refractivity contribution in [2.24, 2.45) is 11.8 Å². The van der Waals surface area contributed by atoms with E-state index in [4.69, 9.17) is 0 Å². The van der Waals surface area contributed by atoms with Crippen LogP contribution in [0.25, 0.3) is 0 Å². The van der Waals surface area contributed by atoms with Gasteiger partial charge >= 0.3 is 0 Å². The van der Waals surface area contributed by atoms with E-state index in [1.807, 2.05) is 44.2 Å². The van der Waals surface area contributed by atoms with Gasteiger partial charge in [0.15, 0.2) is 0 Å². The maximum absolute atomic E-state index is 13.0. The first kappa shape index (κ1) is 17.5. The average molecular weight is 316 g/mol. The number of rotatable bonds is 6. The summed E-state index contributed by atoms with van der Waals surface area (Å²) < 4.78 is 0. The number of hydrogen-bond acceptors (Lipinski definition) is 2. The van der Waals surface area contributed by atoms with Crippen LogP contribution in [0.2, 0.25) is 0 Å². The molecular formula is C19H28N2O2. The van der Waals surface area contributed by atoms with Crippen molar-refractivity contribution in [2.75, 3.05) is 0 Å². The highest BCUT2D eigenvalue weighted by Gasteiger charge is 2.42. The lowest BCUT2D eigenvalue weighted by molar-refractivity contribution is -0.152. The van der Waals surface area contributed by atoms with Gasteiger partial charge < -0.3 is 10.2 Å². The maximum Gasteiger partial charge on any atom is 0.246 e. The molecule has 1 saturated heterocycles. The normalized spacial score (nSPS) is 23.1. The summed E-state index contributed by atoms with van der Waals surface area (Å²) in [6.45, 7) is 8.73. The van der Waals surface area contributed by atoms with Gasteiger partial charge in [0.05, 0.1) is 0 Å². The second-order valence-corrected chi connectivity index (χ2v) is 6.97. The lowest BCUT2D eigenvalue weighted by Crippen LogP contribution is -2.64. The molecule has 3 atom stereocenters. The first-order valence-electron chi connectivity index (χ1n) is 8.58. The smallest absolute Gasteiger partial charge is 0.246 e. The third-order valence-corrected chi connectivity index (χ3v) is 4.63. The summed E-state index contributed by atoms with van der Waals surface area (Å²) in [5.41, 5.74) is 1.06. The molecule has 1 aromatic rings. The predicted octanol–water partition coefficient (Wildman–Crippen LogP) is 2.97. The minimum Gasteiger partial charge on any atom is -0.342 e. The Balaban J connectivity index is 2.27. The summed E-state index contributed by atoms with van der Waals surface area (Å²) in [4.78, 5) is 27.4. The highest BCUT2D eigenvalue weighted by molar-refractivity contribution is 5.97. The van der Waals surface area contributed by atoms with Crippen molar-refractivity contribution >= 4 is 11.8 Å². The molecule has 0 saturated carbocycles. The van der Waals surface area contributed by atoms with Gasteiger partial charge in [-0.2, -0.15) is 0 Å². The van der Waals surface area contributed by atoms with Crippen molar-refractivity contribution in [3.05, 3.63) is 35.9 Å². The number of carbonyl (C=O) groups is 2. The maximum atomic E-state index is 13.0. The Labute approximate surface area is 139 Å². The van der Waals surface area contributed by atoms with Gasteiger partial charge in [-0.05, 0) is 23.8 Å². The zero-order valence-corrected chi connectivity index (χ0v) is 14.6. The Morgan fingerprint density at radius 1 is 1.13 bits per heavy atom. The molecule has 126 valence electrons. The van der Waals surface area contributed by atoms with E-state index in [2.05, 4.69) is 19.2 Å². The molecule has 0 aliphatic carbocycles. The standard InChI is InChI=1S/C19H28N2O2/c1-5-14(4)17-19(23)21(12-15-9-7-6-8-10-15)16(11-13(2)3)18(22)20-17/h6-10,13-14,16-17H,5,11-12H2,1-4H3,(H,20,22). The number of benzene rings is 1. The summed E-state index contributed by atoms with van der Waals surface area (Å²) in [6.07, 6.45) is 1.56. The van der Waals surface area contributed by atoms with Crippen molar-refractivity contribution in [3.63, 3.8) is 0 Å². The van der Waals surface area contributed by atoms with Crippen LogP contribution in [0.3, 0.4) is 0 Å². The average Bonchev–Trinajstić information content (AvgIpc) is 2.54. The first-order valence-corrected chi connectivity index (χ1v) is 8.58. The van der Waals surface area contributed by atoms with Crippen molar-refractivity contribution in [3.8, 4) is 0 Å². The number of hydrogen-bond donors (Lipinski definition) is 1. The molecule has 2 rings (SSSR count). The summed E-state index contributed by atoms with van der Waals surface area (Å²) in [5, 5.41) is 2.96. The number of amides is 2. The second kappa shape index (κ2) is 7.62. The molecule has 4 nitrogen and oxygen atoms in total. The van der Waals surface area contributed by atoms with Gasteiger partial charge in [-0.3, -0.25) is 9.59 Å². The summed E-state index contributed by atoms with van der Waals surface area (Å²) in [5.74, 6) is 0.537. The van der Waals surface area contributed by atoms with Crippen molar-refractivity contribution in [2.45, 2.75) is 59.2 Å². The Bertz CT molecular complexity index is 542. The van der Waals surface area contributed by atoms with Gasteiger partial charge in [-0.1, -0.05) is 64.4 Å². The fourth-order valence-electron chi connectivity index (χ4n) is 3.06. The van der Waals surface area contributed by atoms with Gasteiger partial charge in [0.2, 0.25) is 11.8 Å². The number of nitrogens with zero attached hydrogens (tertiary/aromatic N) is 1. The fourth-order valence-corrected chi connectivity index (χ4v) is 3.06. The molecular weight excluding hydrogens is 288 g/mol. The van der Waals surface area contributed by atoms with E-state index in [9.17, 15) is 9.59 Å². The van der Waals surface area contributed by atoms with Crippen molar-refractivity contribution in [1.29, 1.82) is 0 Å². The Kier molecular flexibility index (Phi) is 5.80. The van der Waals surface area contributed by atoms with Gasteiger partial charge in [0.1, 0.15) is 12.1 Å². The molecule has 1 N–H and O–H groups in total. The van der Waals surface area contributed by atoms with Gasteiger partial charge in [0, 0.05) is 6.54 Å². The zero-order valence-electron chi connectivity index (χ0n) is 14.6. The Morgan fingerprint density at radius 2 is 1.78 bits per heavy atom. The predicted molar refractivity (Wildman–Crippen MR) is 91.6 cm³/mol. The molecule has 1 heterocycles. The molecule has 23 heavy (non-hydrogen) atoms. The molecule has 0 radical (unpaired) electrons. The van der Waals surface area contributed by atoms with Crippen LogP contribution in [0.5, 0.6) is 0 Å². The fraction of sp³-hybridized carbons (Fsp3) is 0.579. The quantitative estimate of drug-likeness (QED) is 0.877. The van der Waals surface area contributed by atoms with E-state index in [0.717, 1.165) is 12.0 Å². The summed E-state index contributed by atoms with van der Waals surface area (Å²) >= 11 is 0. The molecule has 0 bridgehead atoms. The van der Waals surface area contributed by atoms with Gasteiger partial charge in [0.25, 0.3) is 0 Å². The van der Waals surface area contributed by atoms with Gasteiger partial charge in [-0.15, -0.1) is 0 Å². The summed E-state index contributed by atoms with van der Waals surface area (Å²) in [6, 6.07) is 9.13. The SMILES string of the molecule is CCC(C)C1NC(=O)C(CC(C)C)N(Cc2ccccc2)C1=O. The van der Waals surface area contributed by atoms with Crippen LogP contribution in [0, 0.1) is 11.8 Å². The van der Waals surface area contributed by atoms with Crippen LogP contribution in [-0.2, 0) is 16.1 Å². The van der Waals surface area contributed by atoms with Crippen LogP contribution in [-0.4, -0.2) is 28.8 Å². The molecule has 0 spiro atoms. The second-order valence-electron chi connectivity index (χ2n) is 6.97. The minimum atomic E-state index is -0.403. The summed E-state index contributed by atoms with van der Waals surface area (Å²) in [7, 11) is 0. The first-order chi connectivity index (χ1) is 10.9. The lowest BCUT2D eigenvalue weighted by Gasteiger charge is -2.41. The van der Waals surface area contributed by atoms with Crippen LogP contribution in [0.15, 0.2) is 30.3 Å². The topological polar surface area (TPSA) is 49.4 Å². The molecule has 4 heteroatoms. The van der Waals surface area contributed by atoms with Crippen LogP contribution in [0.4, 0.5) is 0 Å². The highest BCUT2D eigenvalue weighted by Crippen LogP contribution is 2.23. The van der Waals surface area contributed by atoms with E-state index < -0.39 is 6.04 Å². The Morgan fingerprint density at radius 3 is 2.35 bits per heavy atom. The number of piperazine rings is 1. The molecule has 1 fully saturated rings. The molecule has 2 amide bonds. The molecule has 1 aliphatic heterocycles. The third-order valence-electron chi connectivity index (χ3n) is 4.63.